The van der Waals surface area contributed by atoms with Gasteiger partial charge in [-0.3, -0.25) is 0 Å². The summed E-state index contributed by atoms with van der Waals surface area (Å²) in [6.07, 6.45) is 0. The van der Waals surface area contributed by atoms with Crippen LogP contribution >= 0.6 is 0 Å². The third-order valence-corrected chi connectivity index (χ3v) is 4.35. The number of nitrogens with zero attached hydrogens (tertiary/aromatic N) is 1. The summed E-state index contributed by atoms with van der Waals surface area (Å²) in [5, 5.41) is 39.0. The second-order valence-corrected chi connectivity index (χ2v) is 5.89. The van der Waals surface area contributed by atoms with Crippen molar-refractivity contribution >= 4 is 38.6 Å². The third-order valence-electron chi connectivity index (χ3n) is 4.35. The molecule has 0 saturated carbocycles. The first kappa shape index (κ1) is 15.7. The number of aromatic hydroxyl groups is 3. The first-order valence-corrected chi connectivity index (χ1v) is 7.89. The maximum atomic E-state index is 10.8. The van der Waals surface area contributed by atoms with E-state index in [2.05, 4.69) is 10.5 Å². The van der Waals surface area contributed by atoms with Crippen LogP contribution in [0.2, 0.25) is 0 Å². The minimum atomic E-state index is -0.135. The van der Waals surface area contributed by atoms with Gasteiger partial charge in [0.25, 0.3) is 0 Å². The van der Waals surface area contributed by atoms with Crippen LogP contribution in [0, 0.1) is 4.91 Å². The first-order chi connectivity index (χ1) is 12.6. The molecule has 0 radical (unpaired) electrons. The molecule has 4 aromatic rings. The van der Waals surface area contributed by atoms with Gasteiger partial charge in [-0.15, -0.1) is 4.91 Å². The number of phenolic OH excluding ortho intramolecular Hbond substituents is 3. The molecule has 4 aromatic carbocycles. The van der Waals surface area contributed by atoms with Gasteiger partial charge in [0.05, 0.1) is 16.5 Å². The third kappa shape index (κ3) is 2.36. The molecule has 0 heterocycles. The predicted octanol–water partition coefficient (Wildman–Crippen LogP) is 5.25. The summed E-state index contributed by atoms with van der Waals surface area (Å²) in [6, 6.07) is 16.4. The van der Waals surface area contributed by atoms with Crippen LogP contribution in [-0.2, 0) is 0 Å². The maximum absolute atomic E-state index is 10.8. The van der Waals surface area contributed by atoms with E-state index in [1.165, 1.54) is 6.07 Å². The summed E-state index contributed by atoms with van der Waals surface area (Å²) in [6.45, 7) is 0. The number of phenols is 3. The summed E-state index contributed by atoms with van der Waals surface area (Å²) in [4.78, 5) is 10.5. The molecule has 6 heteroatoms. The summed E-state index contributed by atoms with van der Waals surface area (Å²) in [7, 11) is 0. The van der Waals surface area contributed by atoms with Crippen molar-refractivity contribution in [1.82, 2.24) is 0 Å². The van der Waals surface area contributed by atoms with E-state index in [1.54, 1.807) is 54.6 Å². The Balaban J connectivity index is 1.98. The molecule has 0 aromatic heterocycles. The van der Waals surface area contributed by atoms with Crippen molar-refractivity contribution in [2.75, 3.05) is 5.32 Å². The zero-order chi connectivity index (χ0) is 18.3. The van der Waals surface area contributed by atoms with Crippen molar-refractivity contribution in [3.05, 3.63) is 65.6 Å². The van der Waals surface area contributed by atoms with Crippen molar-refractivity contribution in [2.24, 2.45) is 5.18 Å². The van der Waals surface area contributed by atoms with Gasteiger partial charge >= 0.3 is 0 Å². The molecule has 26 heavy (non-hydrogen) atoms. The van der Waals surface area contributed by atoms with Gasteiger partial charge in [0.1, 0.15) is 22.9 Å². The largest absolute Gasteiger partial charge is 0.507 e. The zero-order valence-corrected chi connectivity index (χ0v) is 13.5. The fourth-order valence-electron chi connectivity index (χ4n) is 3.11. The SMILES string of the molecule is O=Nc1ccc(Nc2ccc(O)c3c(O)c4ccccc4c(O)c23)cc1. The Hall–Kier alpha value is -3.80. The second-order valence-electron chi connectivity index (χ2n) is 5.89. The van der Waals surface area contributed by atoms with E-state index >= 15 is 0 Å². The molecule has 0 fully saturated rings. The summed E-state index contributed by atoms with van der Waals surface area (Å²) >= 11 is 0. The van der Waals surface area contributed by atoms with Crippen LogP contribution in [0.3, 0.4) is 0 Å². The van der Waals surface area contributed by atoms with Crippen molar-refractivity contribution in [3.8, 4) is 17.2 Å². The molecule has 0 amide bonds. The molecular formula is C20H14N2O4. The van der Waals surface area contributed by atoms with E-state index in [0.717, 1.165) is 0 Å². The van der Waals surface area contributed by atoms with Gasteiger partial charge in [-0.2, -0.15) is 0 Å². The fraction of sp³-hybridized carbons (Fsp3) is 0. The van der Waals surface area contributed by atoms with Gasteiger partial charge < -0.3 is 20.6 Å². The lowest BCUT2D eigenvalue weighted by Crippen LogP contribution is -1.93. The zero-order valence-electron chi connectivity index (χ0n) is 13.5. The van der Waals surface area contributed by atoms with Crippen LogP contribution in [0.25, 0.3) is 21.5 Å². The average molecular weight is 346 g/mol. The van der Waals surface area contributed by atoms with Gasteiger partial charge in [0.2, 0.25) is 0 Å². The van der Waals surface area contributed by atoms with E-state index in [1.807, 2.05) is 0 Å². The second kappa shape index (κ2) is 5.93. The van der Waals surface area contributed by atoms with Gasteiger partial charge in [-0.05, 0) is 41.6 Å². The molecule has 4 N–H and O–H groups in total. The van der Waals surface area contributed by atoms with E-state index in [9.17, 15) is 20.2 Å². The van der Waals surface area contributed by atoms with Crippen LogP contribution in [-0.4, -0.2) is 15.3 Å². The van der Waals surface area contributed by atoms with Crippen LogP contribution in [0.1, 0.15) is 0 Å². The number of benzene rings is 4. The van der Waals surface area contributed by atoms with Crippen LogP contribution in [0.4, 0.5) is 17.1 Å². The molecule has 0 aliphatic heterocycles. The molecule has 0 spiro atoms. The van der Waals surface area contributed by atoms with Gasteiger partial charge in [0, 0.05) is 16.5 Å². The van der Waals surface area contributed by atoms with Crippen molar-refractivity contribution in [3.63, 3.8) is 0 Å². The molecule has 0 saturated heterocycles. The number of hydrogen-bond acceptors (Lipinski definition) is 6. The highest BCUT2D eigenvalue weighted by Gasteiger charge is 2.18. The molecule has 4 rings (SSSR count). The Morgan fingerprint density at radius 1 is 0.731 bits per heavy atom. The number of fused-ring (bicyclic) bond motifs is 2. The lowest BCUT2D eigenvalue weighted by atomic mass is 9.98. The molecule has 0 atom stereocenters. The number of rotatable bonds is 3. The Kier molecular flexibility index (Phi) is 3.58. The molecular weight excluding hydrogens is 332 g/mol. The molecule has 6 nitrogen and oxygen atoms in total. The van der Waals surface area contributed by atoms with Crippen LogP contribution in [0.15, 0.2) is 65.8 Å². The summed E-state index contributed by atoms with van der Waals surface area (Å²) < 4.78 is 0. The van der Waals surface area contributed by atoms with Gasteiger partial charge in [0.15, 0.2) is 0 Å². The van der Waals surface area contributed by atoms with E-state index in [4.69, 9.17) is 0 Å². The Labute approximate surface area is 147 Å². The lowest BCUT2D eigenvalue weighted by molar-refractivity contribution is 0.463. The number of anilines is 2. The smallest absolute Gasteiger partial charge is 0.135 e. The first-order valence-electron chi connectivity index (χ1n) is 7.89. The van der Waals surface area contributed by atoms with Crippen LogP contribution in [0.5, 0.6) is 17.2 Å². The quantitative estimate of drug-likeness (QED) is 0.230. The Morgan fingerprint density at radius 3 is 1.96 bits per heavy atom. The van der Waals surface area contributed by atoms with Crippen molar-refractivity contribution < 1.29 is 15.3 Å². The van der Waals surface area contributed by atoms with E-state index in [-0.39, 0.29) is 22.6 Å². The lowest BCUT2D eigenvalue weighted by Gasteiger charge is -2.15. The predicted molar refractivity (Wildman–Crippen MR) is 102 cm³/mol. The monoisotopic (exact) mass is 346 g/mol. The Morgan fingerprint density at radius 2 is 1.35 bits per heavy atom. The van der Waals surface area contributed by atoms with Gasteiger partial charge in [-0.25, -0.2) is 0 Å². The molecule has 0 unspecified atom stereocenters. The van der Waals surface area contributed by atoms with Crippen LogP contribution < -0.4 is 5.32 Å². The molecule has 0 aliphatic carbocycles. The fourth-order valence-corrected chi connectivity index (χ4v) is 3.11. The minimum absolute atomic E-state index is 0.0435. The van der Waals surface area contributed by atoms with E-state index < -0.39 is 0 Å². The molecule has 0 bridgehead atoms. The highest BCUT2D eigenvalue weighted by atomic mass is 16.3. The maximum Gasteiger partial charge on any atom is 0.135 e. The topological polar surface area (TPSA) is 102 Å². The summed E-state index contributed by atoms with van der Waals surface area (Å²) in [5.74, 6) is -0.280. The number of nitrogens with one attached hydrogen (secondary N) is 1. The van der Waals surface area contributed by atoms with Gasteiger partial charge in [-0.1, -0.05) is 24.3 Å². The number of hydrogen-bond donors (Lipinski definition) is 4. The Bertz CT molecular complexity index is 1150. The highest BCUT2D eigenvalue weighted by Crippen LogP contribution is 2.48. The van der Waals surface area contributed by atoms with E-state index in [0.29, 0.717) is 33.2 Å². The molecule has 0 aliphatic rings. The highest BCUT2D eigenvalue weighted by molar-refractivity contribution is 6.16. The average Bonchev–Trinajstić information content (AvgIpc) is 2.68. The normalized spacial score (nSPS) is 10.9. The van der Waals surface area contributed by atoms with Crippen molar-refractivity contribution in [1.29, 1.82) is 0 Å². The standard InChI is InChI=1S/C20H14N2O4/c23-16-10-9-15(21-11-5-7-12(22-26)8-6-11)17-18(16)20(25)14-4-2-1-3-13(14)19(17)24/h1-10,21,23-25H. The van der Waals surface area contributed by atoms with Crippen molar-refractivity contribution in [2.45, 2.75) is 0 Å². The minimum Gasteiger partial charge on any atom is -0.507 e. The molecule has 128 valence electrons. The number of nitroso groups, excluding NO2 is 1. The summed E-state index contributed by atoms with van der Waals surface area (Å²) in [5.41, 5.74) is 1.47.